The number of guanidine groups is 1. The van der Waals surface area contributed by atoms with Gasteiger partial charge in [-0.15, -0.1) is 0 Å². The Morgan fingerprint density at radius 2 is 2.00 bits per heavy atom. The van der Waals surface area contributed by atoms with Crippen molar-refractivity contribution in [3.63, 3.8) is 0 Å². The Kier molecular flexibility index (Phi) is 8.05. The van der Waals surface area contributed by atoms with Crippen molar-refractivity contribution in [2.75, 3.05) is 20.6 Å². The van der Waals surface area contributed by atoms with Gasteiger partial charge < -0.3 is 10.6 Å². The van der Waals surface area contributed by atoms with Gasteiger partial charge in [-0.3, -0.25) is 4.99 Å². The van der Waals surface area contributed by atoms with Crippen molar-refractivity contribution in [1.82, 2.24) is 15.4 Å². The summed E-state index contributed by atoms with van der Waals surface area (Å²) in [6.45, 7) is 5.79. The average molecular weight is 340 g/mol. The average Bonchev–Trinajstić information content (AvgIpc) is 2.54. The Morgan fingerprint density at radius 1 is 1.26 bits per heavy atom. The summed E-state index contributed by atoms with van der Waals surface area (Å²) in [5.41, 5.74) is 0.881. The standard InChI is InChI=1S/C16H28N4O2S/c1-13(2)7-6-10-19-16(17-3)20-12-14-8-5-9-15(11-14)23(21,22)18-4/h5,8-9,11,13,18H,6-7,10,12H2,1-4H3,(H2,17,19,20). The quantitative estimate of drug-likeness (QED) is 0.382. The van der Waals surface area contributed by atoms with Crippen LogP contribution in [0.4, 0.5) is 0 Å². The first kappa shape index (κ1) is 19.4. The van der Waals surface area contributed by atoms with Crippen molar-refractivity contribution in [2.24, 2.45) is 10.9 Å². The van der Waals surface area contributed by atoms with Crippen LogP contribution >= 0.6 is 0 Å². The van der Waals surface area contributed by atoms with Crippen molar-refractivity contribution in [3.05, 3.63) is 29.8 Å². The lowest BCUT2D eigenvalue weighted by atomic mass is 10.1. The molecule has 0 aliphatic heterocycles. The van der Waals surface area contributed by atoms with E-state index < -0.39 is 10.0 Å². The molecule has 1 aromatic rings. The predicted molar refractivity (Wildman–Crippen MR) is 95.0 cm³/mol. The summed E-state index contributed by atoms with van der Waals surface area (Å²) in [6.07, 6.45) is 2.27. The second kappa shape index (κ2) is 9.52. The zero-order chi connectivity index (χ0) is 17.3. The van der Waals surface area contributed by atoms with Gasteiger partial charge in [-0.1, -0.05) is 26.0 Å². The maximum absolute atomic E-state index is 11.8. The Morgan fingerprint density at radius 3 is 2.61 bits per heavy atom. The molecular formula is C16H28N4O2S. The fraction of sp³-hybridized carbons (Fsp3) is 0.562. The van der Waals surface area contributed by atoms with Gasteiger partial charge in [0.1, 0.15) is 0 Å². The van der Waals surface area contributed by atoms with Gasteiger partial charge >= 0.3 is 0 Å². The summed E-state index contributed by atoms with van der Waals surface area (Å²) in [5, 5.41) is 6.45. The van der Waals surface area contributed by atoms with Crippen molar-refractivity contribution in [1.29, 1.82) is 0 Å². The molecule has 7 heteroatoms. The zero-order valence-electron chi connectivity index (χ0n) is 14.4. The summed E-state index contributed by atoms with van der Waals surface area (Å²) in [5.74, 6) is 1.42. The van der Waals surface area contributed by atoms with Crippen molar-refractivity contribution < 1.29 is 8.42 Å². The number of rotatable bonds is 8. The minimum absolute atomic E-state index is 0.263. The van der Waals surface area contributed by atoms with Gasteiger partial charge in [-0.25, -0.2) is 13.1 Å². The molecule has 0 amide bonds. The molecule has 0 aromatic heterocycles. The summed E-state index contributed by atoms with van der Waals surface area (Å²) >= 11 is 0. The summed E-state index contributed by atoms with van der Waals surface area (Å²) < 4.78 is 25.9. The van der Waals surface area contributed by atoms with E-state index in [4.69, 9.17) is 0 Å². The van der Waals surface area contributed by atoms with Crippen LogP contribution in [0.5, 0.6) is 0 Å². The van der Waals surface area contributed by atoms with Gasteiger partial charge in [-0.2, -0.15) is 0 Å². The van der Waals surface area contributed by atoms with Crippen molar-refractivity contribution in [3.8, 4) is 0 Å². The lowest BCUT2D eigenvalue weighted by Gasteiger charge is -2.13. The Bertz CT molecular complexity index is 612. The topological polar surface area (TPSA) is 82.6 Å². The van der Waals surface area contributed by atoms with Gasteiger partial charge in [0.2, 0.25) is 10.0 Å². The van der Waals surface area contributed by atoms with Gasteiger partial charge in [0.15, 0.2) is 5.96 Å². The molecule has 6 nitrogen and oxygen atoms in total. The van der Waals surface area contributed by atoms with Crippen LogP contribution in [0.25, 0.3) is 0 Å². The van der Waals surface area contributed by atoms with E-state index >= 15 is 0 Å². The van der Waals surface area contributed by atoms with Crippen LogP contribution in [0.1, 0.15) is 32.3 Å². The highest BCUT2D eigenvalue weighted by atomic mass is 32.2. The third-order valence-electron chi connectivity index (χ3n) is 3.41. The highest BCUT2D eigenvalue weighted by molar-refractivity contribution is 7.89. The highest BCUT2D eigenvalue weighted by Gasteiger charge is 2.11. The third kappa shape index (κ3) is 7.00. The molecule has 130 valence electrons. The number of sulfonamides is 1. The molecule has 0 atom stereocenters. The first-order valence-electron chi connectivity index (χ1n) is 7.86. The molecule has 3 N–H and O–H groups in total. The molecule has 0 unspecified atom stereocenters. The number of nitrogens with zero attached hydrogens (tertiary/aromatic N) is 1. The van der Waals surface area contributed by atoms with Crippen LogP contribution in [0.2, 0.25) is 0 Å². The molecular weight excluding hydrogens is 312 g/mol. The van der Waals surface area contributed by atoms with Gasteiger partial charge in [0, 0.05) is 20.1 Å². The summed E-state index contributed by atoms with van der Waals surface area (Å²) in [4.78, 5) is 4.43. The van der Waals surface area contributed by atoms with E-state index in [2.05, 4.69) is 34.2 Å². The first-order chi connectivity index (χ1) is 10.9. The van der Waals surface area contributed by atoms with E-state index in [1.807, 2.05) is 6.07 Å². The molecule has 0 fully saturated rings. The fourth-order valence-corrected chi connectivity index (χ4v) is 2.86. The Labute approximate surface area is 139 Å². The monoisotopic (exact) mass is 340 g/mol. The molecule has 0 aliphatic rings. The predicted octanol–water partition coefficient (Wildman–Crippen LogP) is 1.70. The van der Waals surface area contributed by atoms with E-state index in [1.165, 1.54) is 13.5 Å². The largest absolute Gasteiger partial charge is 0.356 e. The second-order valence-corrected chi connectivity index (χ2v) is 7.63. The second-order valence-electron chi connectivity index (χ2n) is 5.74. The summed E-state index contributed by atoms with van der Waals surface area (Å²) in [6, 6.07) is 6.85. The van der Waals surface area contributed by atoms with Gasteiger partial charge in [0.05, 0.1) is 4.90 Å². The minimum atomic E-state index is -3.41. The summed E-state index contributed by atoms with van der Waals surface area (Å²) in [7, 11) is -0.286. The number of benzene rings is 1. The number of nitrogens with one attached hydrogen (secondary N) is 3. The lowest BCUT2D eigenvalue weighted by Crippen LogP contribution is -2.37. The highest BCUT2D eigenvalue weighted by Crippen LogP contribution is 2.10. The van der Waals surface area contributed by atoms with Gasteiger partial charge in [-0.05, 0) is 43.5 Å². The minimum Gasteiger partial charge on any atom is -0.356 e. The molecule has 0 bridgehead atoms. The Hall–Kier alpha value is -1.60. The number of aliphatic imine (C=N–C) groups is 1. The molecule has 23 heavy (non-hydrogen) atoms. The maximum atomic E-state index is 11.8. The van der Waals surface area contributed by atoms with E-state index in [9.17, 15) is 8.42 Å². The first-order valence-corrected chi connectivity index (χ1v) is 9.34. The molecule has 0 spiro atoms. The number of hydrogen-bond acceptors (Lipinski definition) is 3. The molecule has 0 radical (unpaired) electrons. The zero-order valence-corrected chi connectivity index (χ0v) is 15.2. The maximum Gasteiger partial charge on any atom is 0.240 e. The molecule has 0 saturated heterocycles. The van der Waals surface area contributed by atoms with E-state index in [1.54, 1.807) is 25.2 Å². The molecule has 0 aliphatic carbocycles. The van der Waals surface area contributed by atoms with Gasteiger partial charge in [0.25, 0.3) is 0 Å². The number of hydrogen-bond donors (Lipinski definition) is 3. The molecule has 0 saturated carbocycles. The smallest absolute Gasteiger partial charge is 0.240 e. The van der Waals surface area contributed by atoms with Crippen LogP contribution in [-0.4, -0.2) is 35.0 Å². The van der Waals surface area contributed by atoms with Crippen LogP contribution < -0.4 is 15.4 Å². The fourth-order valence-electron chi connectivity index (χ4n) is 2.06. The van der Waals surface area contributed by atoms with Crippen LogP contribution in [0, 0.1) is 5.92 Å². The van der Waals surface area contributed by atoms with Crippen molar-refractivity contribution >= 4 is 16.0 Å². The third-order valence-corrected chi connectivity index (χ3v) is 4.82. The lowest BCUT2D eigenvalue weighted by molar-refractivity contribution is 0.549. The van der Waals surface area contributed by atoms with E-state index in [0.717, 1.165) is 24.5 Å². The van der Waals surface area contributed by atoms with E-state index in [-0.39, 0.29) is 4.90 Å². The van der Waals surface area contributed by atoms with Crippen LogP contribution in [-0.2, 0) is 16.6 Å². The van der Waals surface area contributed by atoms with Crippen LogP contribution in [0.3, 0.4) is 0 Å². The Balaban J connectivity index is 2.55. The normalized spacial score (nSPS) is 12.5. The SMILES string of the molecule is CN=C(NCCCC(C)C)NCc1cccc(S(=O)(=O)NC)c1. The molecule has 0 heterocycles. The van der Waals surface area contributed by atoms with Crippen LogP contribution in [0.15, 0.2) is 34.2 Å². The van der Waals surface area contributed by atoms with E-state index in [0.29, 0.717) is 12.5 Å². The van der Waals surface area contributed by atoms with Crippen molar-refractivity contribution in [2.45, 2.75) is 38.1 Å². The molecule has 1 aromatic carbocycles. The molecule has 1 rings (SSSR count).